The number of aromatic nitrogens is 1. The van der Waals surface area contributed by atoms with Gasteiger partial charge in [-0.2, -0.15) is 5.26 Å². The zero-order chi connectivity index (χ0) is 17.7. The largest absolute Gasteiger partial charge is 0.392 e. The number of hydrogen-bond acceptors (Lipinski definition) is 5. The lowest BCUT2D eigenvalue weighted by Crippen LogP contribution is -2.05. The van der Waals surface area contributed by atoms with Gasteiger partial charge in [0.2, 0.25) is 0 Å². The van der Waals surface area contributed by atoms with E-state index in [9.17, 15) is 20.6 Å². The first-order valence-electron chi connectivity index (χ1n) is 7.64. The minimum Gasteiger partial charge on any atom is -0.392 e. The first-order valence-corrected chi connectivity index (χ1v) is 8.44. The molecule has 1 heterocycles. The lowest BCUT2D eigenvalue weighted by atomic mass is 9.93. The number of nitrogens with one attached hydrogen (secondary N) is 2. The summed E-state index contributed by atoms with van der Waals surface area (Å²) in [7, 11) is 0. The highest BCUT2D eigenvalue weighted by Gasteiger charge is 2.21. The summed E-state index contributed by atoms with van der Waals surface area (Å²) in [5.41, 5.74) is 3.41. The molecule has 24 heavy (non-hydrogen) atoms. The fourth-order valence-electron chi connectivity index (χ4n) is 2.69. The van der Waals surface area contributed by atoms with Gasteiger partial charge in [-0.25, -0.2) is 0 Å². The Bertz CT molecular complexity index is 765. The van der Waals surface area contributed by atoms with E-state index in [1.165, 1.54) is 0 Å². The van der Waals surface area contributed by atoms with Crippen molar-refractivity contribution < 1.29 is 15.3 Å². The predicted molar refractivity (Wildman–Crippen MR) is 95.2 cm³/mol. The molecule has 7 heteroatoms. The Morgan fingerprint density at radius 2 is 1.88 bits per heavy atom. The first-order chi connectivity index (χ1) is 11.6. The maximum absolute atomic E-state index is 9.83. The molecule has 1 aromatic carbocycles. The van der Waals surface area contributed by atoms with Crippen molar-refractivity contribution in [2.75, 3.05) is 11.9 Å². The second-order valence-corrected chi connectivity index (χ2v) is 6.10. The molecule has 0 saturated heterocycles. The van der Waals surface area contributed by atoms with Gasteiger partial charge >= 0.3 is 0 Å². The van der Waals surface area contributed by atoms with Crippen LogP contribution in [0.1, 0.15) is 35.7 Å². The molecule has 2 aromatic rings. The van der Waals surface area contributed by atoms with Crippen LogP contribution in [0.15, 0.2) is 16.6 Å². The van der Waals surface area contributed by atoms with Crippen LogP contribution in [0.5, 0.6) is 0 Å². The van der Waals surface area contributed by atoms with Crippen molar-refractivity contribution >= 4 is 21.7 Å². The molecule has 0 aliphatic rings. The van der Waals surface area contributed by atoms with Crippen LogP contribution in [0.2, 0.25) is 0 Å². The van der Waals surface area contributed by atoms with Crippen LogP contribution in [-0.4, -0.2) is 26.8 Å². The van der Waals surface area contributed by atoms with Crippen LogP contribution in [0, 0.1) is 11.3 Å². The number of aliphatic hydroxyl groups excluding tert-OH is 3. The molecule has 0 spiro atoms. The van der Waals surface area contributed by atoms with Crippen LogP contribution < -0.4 is 5.32 Å². The normalized spacial score (nSPS) is 10.7. The fraction of sp³-hybridized carbons (Fsp3) is 0.353. The summed E-state index contributed by atoms with van der Waals surface area (Å²) in [6.07, 6.45) is 0.913. The van der Waals surface area contributed by atoms with Gasteiger partial charge in [0, 0.05) is 12.1 Å². The summed E-state index contributed by atoms with van der Waals surface area (Å²) < 4.78 is 0.596. The molecule has 0 bridgehead atoms. The molecule has 5 N–H and O–H groups in total. The Morgan fingerprint density at radius 3 is 2.42 bits per heavy atom. The van der Waals surface area contributed by atoms with E-state index in [2.05, 4.69) is 32.3 Å². The summed E-state index contributed by atoms with van der Waals surface area (Å²) in [6.45, 7) is 1.97. The monoisotopic (exact) mass is 393 g/mol. The number of benzene rings is 1. The van der Waals surface area contributed by atoms with E-state index < -0.39 is 0 Å². The zero-order valence-corrected chi connectivity index (χ0v) is 14.9. The molecule has 0 aliphatic heterocycles. The Kier molecular flexibility index (Phi) is 6.40. The zero-order valence-electron chi connectivity index (χ0n) is 13.4. The van der Waals surface area contributed by atoms with Gasteiger partial charge in [0.05, 0.1) is 24.3 Å². The molecule has 1 aromatic heterocycles. The van der Waals surface area contributed by atoms with E-state index in [-0.39, 0.29) is 19.8 Å². The number of rotatable bonds is 7. The standard InChI is InChI=1S/C17H20BrN3O3/c1-2-5-20-17-15(16(18)14(6-19)21-17)11-4-3-10(7-22)12(8-23)13(11)9-24/h3-4,20-24H,2,5,7-9H2,1H3. The summed E-state index contributed by atoms with van der Waals surface area (Å²) >= 11 is 3.45. The molecule has 2 rings (SSSR count). The molecule has 0 saturated carbocycles. The van der Waals surface area contributed by atoms with Crippen LogP contribution >= 0.6 is 15.9 Å². The third-order valence-electron chi connectivity index (χ3n) is 3.89. The Morgan fingerprint density at radius 1 is 1.17 bits per heavy atom. The molecule has 0 atom stereocenters. The molecule has 0 unspecified atom stereocenters. The highest BCUT2D eigenvalue weighted by molar-refractivity contribution is 9.10. The van der Waals surface area contributed by atoms with E-state index in [1.54, 1.807) is 12.1 Å². The number of aliphatic hydroxyl groups is 3. The molecular weight excluding hydrogens is 374 g/mol. The van der Waals surface area contributed by atoms with Gasteiger partial charge in [-0.3, -0.25) is 0 Å². The first kappa shape index (κ1) is 18.5. The lowest BCUT2D eigenvalue weighted by Gasteiger charge is -2.16. The average molecular weight is 394 g/mol. The Labute approximate surface area is 148 Å². The molecule has 0 amide bonds. The minimum atomic E-state index is -0.287. The van der Waals surface area contributed by atoms with Crippen molar-refractivity contribution in [2.45, 2.75) is 33.2 Å². The Balaban J connectivity index is 2.71. The van der Waals surface area contributed by atoms with Crippen LogP contribution in [0.25, 0.3) is 11.1 Å². The summed E-state index contributed by atoms with van der Waals surface area (Å²) in [5, 5.41) is 41.4. The van der Waals surface area contributed by atoms with Crippen molar-refractivity contribution in [2.24, 2.45) is 0 Å². The van der Waals surface area contributed by atoms with Crippen molar-refractivity contribution in [3.05, 3.63) is 39.0 Å². The van der Waals surface area contributed by atoms with Gasteiger partial charge in [0.25, 0.3) is 0 Å². The SMILES string of the molecule is CCCNc1[nH]c(C#N)c(Br)c1-c1ccc(CO)c(CO)c1CO. The van der Waals surface area contributed by atoms with Crippen LogP contribution in [-0.2, 0) is 19.8 Å². The van der Waals surface area contributed by atoms with Crippen LogP contribution in [0.4, 0.5) is 5.82 Å². The summed E-state index contributed by atoms with van der Waals surface area (Å²) in [5.74, 6) is 0.676. The molecule has 0 aliphatic carbocycles. The van der Waals surface area contributed by atoms with Gasteiger partial charge in [0.15, 0.2) is 0 Å². The van der Waals surface area contributed by atoms with Crippen molar-refractivity contribution in [3.63, 3.8) is 0 Å². The van der Waals surface area contributed by atoms with Gasteiger partial charge in [-0.15, -0.1) is 0 Å². The summed E-state index contributed by atoms with van der Waals surface area (Å²) in [4.78, 5) is 3.04. The number of halogens is 1. The minimum absolute atomic E-state index is 0.220. The molecular formula is C17H20BrN3O3. The van der Waals surface area contributed by atoms with Gasteiger partial charge in [0.1, 0.15) is 17.6 Å². The van der Waals surface area contributed by atoms with Crippen LogP contribution in [0.3, 0.4) is 0 Å². The smallest absolute Gasteiger partial charge is 0.134 e. The van der Waals surface area contributed by atoms with Crippen molar-refractivity contribution in [1.29, 1.82) is 5.26 Å². The van der Waals surface area contributed by atoms with Crippen molar-refractivity contribution in [1.82, 2.24) is 4.98 Å². The second-order valence-electron chi connectivity index (χ2n) is 5.31. The topological polar surface area (TPSA) is 112 Å². The number of anilines is 1. The molecule has 0 fully saturated rings. The lowest BCUT2D eigenvalue weighted by molar-refractivity contribution is 0.248. The van der Waals surface area contributed by atoms with E-state index in [4.69, 9.17) is 0 Å². The number of hydrogen-bond donors (Lipinski definition) is 5. The Hall–Kier alpha value is -1.85. The molecule has 6 nitrogen and oxygen atoms in total. The highest BCUT2D eigenvalue weighted by atomic mass is 79.9. The summed E-state index contributed by atoms with van der Waals surface area (Å²) in [6, 6.07) is 5.59. The highest BCUT2D eigenvalue weighted by Crippen LogP contribution is 2.40. The number of nitriles is 1. The number of aromatic amines is 1. The van der Waals surface area contributed by atoms with E-state index in [1.807, 2.05) is 6.92 Å². The predicted octanol–water partition coefficient (Wildman–Crippen LogP) is 2.61. The molecule has 128 valence electrons. The van der Waals surface area contributed by atoms with Crippen molar-refractivity contribution in [3.8, 4) is 17.2 Å². The number of nitrogens with zero attached hydrogens (tertiary/aromatic N) is 1. The van der Waals surface area contributed by atoms with Gasteiger partial charge in [-0.1, -0.05) is 19.1 Å². The maximum Gasteiger partial charge on any atom is 0.134 e. The third-order valence-corrected chi connectivity index (χ3v) is 4.68. The second kappa shape index (κ2) is 8.31. The fourth-order valence-corrected chi connectivity index (χ4v) is 3.29. The molecule has 0 radical (unpaired) electrons. The van der Waals surface area contributed by atoms with E-state index >= 15 is 0 Å². The quantitative estimate of drug-likeness (QED) is 0.496. The van der Waals surface area contributed by atoms with Gasteiger partial charge in [-0.05, 0) is 44.6 Å². The van der Waals surface area contributed by atoms with E-state index in [0.717, 1.165) is 18.5 Å². The third kappa shape index (κ3) is 3.32. The average Bonchev–Trinajstić information content (AvgIpc) is 2.93. The van der Waals surface area contributed by atoms with Gasteiger partial charge < -0.3 is 25.6 Å². The maximum atomic E-state index is 9.83. The number of H-pyrrole nitrogens is 1. The van der Waals surface area contributed by atoms with E-state index in [0.29, 0.717) is 38.2 Å².